The molecule has 2 aliphatic carbocycles. The molecule has 12 heteroatoms. The Morgan fingerprint density at radius 2 is 1.75 bits per heavy atom. The molecule has 2 aliphatic rings. The lowest BCUT2D eigenvalue weighted by molar-refractivity contribution is -0.139. The number of carbonyl (C=O) groups excluding carboxylic acids is 1. The second-order valence-electron chi connectivity index (χ2n) is 13.0. The van der Waals surface area contributed by atoms with Crippen molar-refractivity contribution in [3.8, 4) is 11.6 Å². The molecule has 2 saturated carbocycles. The Balaban J connectivity index is 1.31. The van der Waals surface area contributed by atoms with Crippen LogP contribution in [-0.2, 0) is 22.3 Å². The monoisotopic (exact) mass is 664 g/mol. The number of pyridine rings is 2. The van der Waals surface area contributed by atoms with Gasteiger partial charge in [0.15, 0.2) is 0 Å². The van der Waals surface area contributed by atoms with Gasteiger partial charge in [0.2, 0.25) is 11.8 Å². The smallest absolute Gasteiger partial charge is 0.421 e. The quantitative estimate of drug-likeness (QED) is 0.193. The lowest BCUT2D eigenvalue weighted by Gasteiger charge is -2.40. The molecule has 1 amide bonds. The lowest BCUT2D eigenvalue weighted by atomic mass is 9.81. The summed E-state index contributed by atoms with van der Waals surface area (Å²) >= 11 is 0. The number of fused-ring (bicyclic) bond motifs is 1. The SMILES string of the molecule is COC1CCC(N(C(=O)C2CCC(C)CC2)c2ccc(Oc3ncc(Cn4ccc5cccnc54)cc3C(F)(F)F)cc2C(=O)O)CC1. The first kappa shape index (κ1) is 33.5. The van der Waals surface area contributed by atoms with Crippen molar-refractivity contribution in [1.29, 1.82) is 0 Å². The number of halogens is 3. The number of amides is 1. The second kappa shape index (κ2) is 14.0. The molecule has 0 atom stereocenters. The van der Waals surface area contributed by atoms with Crippen LogP contribution in [0.2, 0.25) is 0 Å². The van der Waals surface area contributed by atoms with Crippen LogP contribution in [0.1, 0.15) is 79.8 Å². The van der Waals surface area contributed by atoms with Gasteiger partial charge in [0.1, 0.15) is 17.0 Å². The number of aromatic nitrogens is 3. The molecular formula is C36H39F3N4O5. The number of carbonyl (C=O) groups is 2. The lowest BCUT2D eigenvalue weighted by Crippen LogP contribution is -2.47. The zero-order valence-corrected chi connectivity index (χ0v) is 26.9. The Labute approximate surface area is 276 Å². The number of alkyl halides is 3. The molecule has 0 bridgehead atoms. The van der Waals surface area contributed by atoms with Crippen LogP contribution in [0.3, 0.4) is 0 Å². The molecule has 9 nitrogen and oxygen atoms in total. The van der Waals surface area contributed by atoms with E-state index in [1.165, 1.54) is 24.4 Å². The maximum absolute atomic E-state index is 14.3. The Bertz CT molecular complexity index is 1780. The number of carboxylic acids is 1. The Kier molecular flexibility index (Phi) is 9.73. The predicted octanol–water partition coefficient (Wildman–Crippen LogP) is 8.11. The van der Waals surface area contributed by atoms with Crippen LogP contribution in [0, 0.1) is 11.8 Å². The van der Waals surface area contributed by atoms with Crippen molar-refractivity contribution in [1.82, 2.24) is 14.5 Å². The van der Waals surface area contributed by atoms with Crippen molar-refractivity contribution in [3.63, 3.8) is 0 Å². The zero-order valence-electron chi connectivity index (χ0n) is 26.9. The van der Waals surface area contributed by atoms with E-state index in [1.807, 2.05) is 12.1 Å². The van der Waals surface area contributed by atoms with Crippen LogP contribution in [0.25, 0.3) is 11.0 Å². The molecule has 2 fully saturated rings. The number of rotatable bonds is 9. The van der Waals surface area contributed by atoms with Crippen molar-refractivity contribution in [2.24, 2.45) is 11.8 Å². The Morgan fingerprint density at radius 3 is 2.44 bits per heavy atom. The standard InChI is InChI=1S/C36H39F3N4O5/c1-22-5-7-25(8-6-22)34(44)43(26-9-11-27(47-2)12-10-26)31-14-13-28(19-29(31)35(45)46)48-33-30(36(37,38)39)18-23(20-41-33)21-42-17-15-24-4-3-16-40-32(24)42/h3-4,13-20,22,25-27H,5-12,21H2,1-2H3,(H,45,46). The van der Waals surface area contributed by atoms with Crippen LogP contribution in [-0.4, -0.2) is 50.8 Å². The normalized spacial score (nSPS) is 21.6. The minimum atomic E-state index is -4.80. The van der Waals surface area contributed by atoms with Gasteiger partial charge in [-0.1, -0.05) is 6.92 Å². The number of hydrogen-bond donors (Lipinski definition) is 1. The number of ether oxygens (including phenoxy) is 2. The summed E-state index contributed by atoms with van der Waals surface area (Å²) < 4.78 is 55.8. The molecule has 1 N–H and O–H groups in total. The first-order valence-corrected chi connectivity index (χ1v) is 16.4. The third-order valence-corrected chi connectivity index (χ3v) is 9.71. The van der Waals surface area contributed by atoms with Crippen LogP contribution in [0.5, 0.6) is 11.6 Å². The predicted molar refractivity (Wildman–Crippen MR) is 173 cm³/mol. The fourth-order valence-corrected chi connectivity index (χ4v) is 7.02. The molecular weight excluding hydrogens is 625 g/mol. The molecule has 0 unspecified atom stereocenters. The summed E-state index contributed by atoms with van der Waals surface area (Å²) in [5.74, 6) is -1.96. The zero-order chi connectivity index (χ0) is 34.0. The number of carboxylic acid groups (broad SMARTS) is 1. The topological polar surface area (TPSA) is 107 Å². The van der Waals surface area contributed by atoms with Gasteiger partial charge < -0.3 is 24.0 Å². The van der Waals surface area contributed by atoms with E-state index in [9.17, 15) is 27.9 Å². The number of anilines is 1. The fraction of sp³-hybridized carbons (Fsp3) is 0.444. The largest absolute Gasteiger partial charge is 0.478 e. The highest BCUT2D eigenvalue weighted by atomic mass is 19.4. The Morgan fingerprint density at radius 1 is 1.00 bits per heavy atom. The van der Waals surface area contributed by atoms with Gasteiger partial charge >= 0.3 is 12.1 Å². The third kappa shape index (κ3) is 7.18. The minimum absolute atomic E-state index is 0.0736. The maximum Gasteiger partial charge on any atom is 0.421 e. The molecule has 0 radical (unpaired) electrons. The summed E-state index contributed by atoms with van der Waals surface area (Å²) in [6, 6.07) is 10.3. The van der Waals surface area contributed by atoms with Crippen molar-refractivity contribution in [3.05, 3.63) is 77.7 Å². The highest BCUT2D eigenvalue weighted by molar-refractivity contribution is 6.03. The molecule has 4 aromatic rings. The Hall–Kier alpha value is -4.45. The van der Waals surface area contributed by atoms with E-state index in [0.29, 0.717) is 24.4 Å². The average molecular weight is 665 g/mol. The summed E-state index contributed by atoms with van der Waals surface area (Å²) in [5.41, 5.74) is -0.190. The van der Waals surface area contributed by atoms with E-state index in [4.69, 9.17) is 9.47 Å². The first-order valence-electron chi connectivity index (χ1n) is 16.4. The molecule has 3 heterocycles. The van der Waals surface area contributed by atoms with Crippen molar-refractivity contribution >= 4 is 28.6 Å². The van der Waals surface area contributed by atoms with E-state index in [0.717, 1.165) is 50.0 Å². The van der Waals surface area contributed by atoms with Crippen LogP contribution < -0.4 is 9.64 Å². The van der Waals surface area contributed by atoms with Gasteiger partial charge in [0.05, 0.1) is 23.9 Å². The highest BCUT2D eigenvalue weighted by Gasteiger charge is 2.38. The van der Waals surface area contributed by atoms with Gasteiger partial charge in [-0.15, -0.1) is 0 Å². The number of hydrogen-bond acceptors (Lipinski definition) is 6. The third-order valence-electron chi connectivity index (χ3n) is 9.71. The van der Waals surface area contributed by atoms with Gasteiger partial charge in [-0.2, -0.15) is 13.2 Å². The van der Waals surface area contributed by atoms with Crippen LogP contribution >= 0.6 is 0 Å². The molecule has 254 valence electrons. The van der Waals surface area contributed by atoms with E-state index >= 15 is 0 Å². The summed E-state index contributed by atoms with van der Waals surface area (Å²) in [6.07, 6.45) is 5.99. The van der Waals surface area contributed by atoms with E-state index < -0.39 is 23.6 Å². The molecule has 48 heavy (non-hydrogen) atoms. The minimum Gasteiger partial charge on any atom is -0.478 e. The number of aromatic carboxylic acids is 1. The van der Waals surface area contributed by atoms with Gasteiger partial charge in [-0.25, -0.2) is 14.8 Å². The average Bonchev–Trinajstić information content (AvgIpc) is 3.48. The van der Waals surface area contributed by atoms with Gasteiger partial charge in [0.25, 0.3) is 0 Å². The summed E-state index contributed by atoms with van der Waals surface area (Å²) in [6.45, 7) is 2.27. The molecule has 6 rings (SSSR count). The van der Waals surface area contributed by atoms with Gasteiger partial charge in [-0.05, 0) is 105 Å². The molecule has 0 saturated heterocycles. The fourth-order valence-electron chi connectivity index (χ4n) is 7.02. The molecule has 1 aromatic carbocycles. The van der Waals surface area contributed by atoms with Crippen LogP contribution in [0.15, 0.2) is 61.1 Å². The molecule has 0 spiro atoms. The van der Waals surface area contributed by atoms with Crippen molar-refractivity contribution < 1.29 is 37.3 Å². The highest BCUT2D eigenvalue weighted by Crippen LogP contribution is 2.40. The number of methoxy groups -OCH3 is 1. The summed E-state index contributed by atoms with van der Waals surface area (Å²) in [4.78, 5) is 36.7. The van der Waals surface area contributed by atoms with E-state index in [1.54, 1.807) is 35.0 Å². The second-order valence-corrected chi connectivity index (χ2v) is 13.0. The maximum atomic E-state index is 14.3. The summed E-state index contributed by atoms with van der Waals surface area (Å²) in [5, 5.41) is 11.2. The van der Waals surface area contributed by atoms with Crippen LogP contribution in [0.4, 0.5) is 18.9 Å². The molecule has 0 aliphatic heterocycles. The first-order chi connectivity index (χ1) is 23.0. The van der Waals surface area contributed by atoms with E-state index in [2.05, 4.69) is 16.9 Å². The van der Waals surface area contributed by atoms with Gasteiger partial charge in [0, 0.05) is 43.0 Å². The number of nitrogens with zero attached hydrogens (tertiary/aromatic N) is 4. The van der Waals surface area contributed by atoms with Crippen molar-refractivity contribution in [2.45, 2.75) is 83.2 Å². The van der Waals surface area contributed by atoms with Gasteiger partial charge in [-0.3, -0.25) is 4.79 Å². The van der Waals surface area contributed by atoms with Crippen molar-refractivity contribution in [2.75, 3.05) is 12.0 Å². The molecule has 3 aromatic heterocycles. The summed E-state index contributed by atoms with van der Waals surface area (Å²) in [7, 11) is 1.66. The van der Waals surface area contributed by atoms with E-state index in [-0.39, 0.29) is 53.1 Å². The number of benzene rings is 1.